The monoisotopic (exact) mass is 725 g/mol. The molecule has 0 aliphatic rings. The second-order valence-corrected chi connectivity index (χ2v) is 13.5. The number of carbonyl (C=O) groups excluding carboxylic acids is 2. The summed E-state index contributed by atoms with van der Waals surface area (Å²) < 4.78 is 26.7. The fourth-order valence-corrected chi connectivity index (χ4v) is 5.20. The van der Waals surface area contributed by atoms with Gasteiger partial charge in [-0.3, -0.25) is 18.6 Å². The molecular weight excluding hydrogens is 661 g/mol. The summed E-state index contributed by atoms with van der Waals surface area (Å²) in [7, 11) is -4.76. The maximum Gasteiger partial charge on any atom is 0.472 e. The molecule has 1 amide bonds. The van der Waals surface area contributed by atoms with Gasteiger partial charge in [0.15, 0.2) is 6.04 Å². The third kappa shape index (κ3) is 32.4. The Labute approximate surface area is 300 Å². The van der Waals surface area contributed by atoms with Gasteiger partial charge in [-0.15, -0.1) is 0 Å². The molecule has 0 spiro atoms. The van der Waals surface area contributed by atoms with E-state index in [1.165, 1.54) is 6.42 Å². The molecule has 0 aliphatic heterocycles. The van der Waals surface area contributed by atoms with Gasteiger partial charge in [-0.05, 0) is 70.6 Å². The maximum atomic E-state index is 12.2. The molecule has 4 N–H and O–H groups in total. The van der Waals surface area contributed by atoms with Crippen LogP contribution in [0.25, 0.3) is 0 Å². The Balaban J connectivity index is 4.05. The van der Waals surface area contributed by atoms with Gasteiger partial charge in [0.25, 0.3) is 0 Å². The molecule has 286 valence electrons. The molecule has 3 atom stereocenters. The molecule has 0 bridgehead atoms. The number of amides is 1. The summed E-state index contributed by atoms with van der Waals surface area (Å²) >= 11 is 0. The molecule has 0 aromatic heterocycles. The van der Waals surface area contributed by atoms with E-state index in [0.717, 1.165) is 83.5 Å². The lowest BCUT2D eigenvalue weighted by atomic mass is 10.1. The van der Waals surface area contributed by atoms with E-state index in [9.17, 15) is 34.1 Å². The maximum absolute atomic E-state index is 12.2. The summed E-state index contributed by atoms with van der Waals surface area (Å²) in [5, 5.41) is 21.7. The van der Waals surface area contributed by atoms with Crippen LogP contribution in [0.5, 0.6) is 0 Å². The molecule has 0 saturated carbocycles. The molecule has 0 fully saturated rings. The van der Waals surface area contributed by atoms with E-state index < -0.39 is 57.6 Å². The molecule has 50 heavy (non-hydrogen) atoms. The highest BCUT2D eigenvalue weighted by Crippen LogP contribution is 2.43. The SMILES string of the molecule is CC/C=C\C/C=C\C/C=C\CCCCCC(=O)NC(COP(=O)(O)OCC(O)COC(=O)CCCCCCC/C=C\C/C=C\CCC)C(=O)O. The zero-order valence-corrected chi connectivity index (χ0v) is 31.3. The first-order valence-electron chi connectivity index (χ1n) is 18.3. The summed E-state index contributed by atoms with van der Waals surface area (Å²) in [6.45, 7) is 2.33. The predicted molar refractivity (Wildman–Crippen MR) is 198 cm³/mol. The second-order valence-electron chi connectivity index (χ2n) is 12.0. The Morgan fingerprint density at radius 1 is 0.660 bits per heavy atom. The summed E-state index contributed by atoms with van der Waals surface area (Å²) in [6, 6.07) is -1.56. The van der Waals surface area contributed by atoms with Crippen LogP contribution in [-0.2, 0) is 32.7 Å². The van der Waals surface area contributed by atoms with Gasteiger partial charge in [-0.2, -0.15) is 0 Å². The molecule has 0 aliphatic carbocycles. The number of ether oxygens (including phenoxy) is 1. The van der Waals surface area contributed by atoms with Crippen LogP contribution in [0.4, 0.5) is 0 Å². The van der Waals surface area contributed by atoms with Crippen LogP contribution in [0.3, 0.4) is 0 Å². The normalized spacial score (nSPS) is 14.6. The first-order valence-corrected chi connectivity index (χ1v) is 19.8. The fraction of sp³-hybridized carbons (Fsp3) is 0.658. The molecule has 3 unspecified atom stereocenters. The third-order valence-corrected chi connectivity index (χ3v) is 8.22. The average Bonchev–Trinajstić information content (AvgIpc) is 3.08. The van der Waals surface area contributed by atoms with E-state index >= 15 is 0 Å². The van der Waals surface area contributed by atoms with E-state index in [1.807, 2.05) is 0 Å². The van der Waals surface area contributed by atoms with Gasteiger partial charge in [-0.25, -0.2) is 9.36 Å². The molecular formula is C38H64NO10P. The first-order chi connectivity index (χ1) is 24.1. The minimum absolute atomic E-state index is 0.106. The first kappa shape index (κ1) is 47.2. The summed E-state index contributed by atoms with van der Waals surface area (Å²) in [4.78, 5) is 45.6. The predicted octanol–water partition coefficient (Wildman–Crippen LogP) is 8.44. The minimum Gasteiger partial charge on any atom is -0.480 e. The number of hydrogen-bond donors (Lipinski definition) is 4. The summed E-state index contributed by atoms with van der Waals surface area (Å²) in [6.07, 6.45) is 35.5. The summed E-state index contributed by atoms with van der Waals surface area (Å²) in [5.41, 5.74) is 0. The van der Waals surface area contributed by atoms with Crippen molar-refractivity contribution in [3.63, 3.8) is 0 Å². The Hall–Kier alpha value is -2.82. The van der Waals surface area contributed by atoms with E-state index in [1.54, 1.807) is 0 Å². The highest BCUT2D eigenvalue weighted by atomic mass is 31.2. The number of phosphoric acid groups is 1. The van der Waals surface area contributed by atoms with Crippen LogP contribution in [0.2, 0.25) is 0 Å². The van der Waals surface area contributed by atoms with E-state index in [4.69, 9.17) is 13.8 Å². The lowest BCUT2D eigenvalue weighted by Gasteiger charge is -2.18. The standard InChI is InChI=1S/C38H64NO10P/c1-3-5-7-9-11-13-15-17-19-21-23-25-27-29-36(41)39-35(38(43)44)33-49-50(45,46)48-32-34(40)31-47-37(42)30-28-26-24-22-20-18-16-14-12-10-8-6-4-2/h5,7-8,10-11,13-14,16-17,19,34-35,40H,3-4,6,9,12,15,18,20-33H2,1-2H3,(H,39,41)(H,43,44)(H,45,46)/b7-5-,10-8-,13-11-,16-14-,19-17-. The Morgan fingerprint density at radius 2 is 1.16 bits per heavy atom. The van der Waals surface area contributed by atoms with E-state index in [2.05, 4.69) is 79.9 Å². The van der Waals surface area contributed by atoms with Crippen molar-refractivity contribution in [2.45, 2.75) is 142 Å². The highest BCUT2D eigenvalue weighted by molar-refractivity contribution is 7.47. The van der Waals surface area contributed by atoms with Crippen molar-refractivity contribution < 1.29 is 47.8 Å². The van der Waals surface area contributed by atoms with Gasteiger partial charge in [-0.1, -0.05) is 107 Å². The number of hydrogen-bond acceptors (Lipinski definition) is 8. The highest BCUT2D eigenvalue weighted by Gasteiger charge is 2.28. The molecule has 0 saturated heterocycles. The van der Waals surface area contributed by atoms with E-state index in [0.29, 0.717) is 12.8 Å². The average molecular weight is 726 g/mol. The molecule has 11 nitrogen and oxygen atoms in total. The van der Waals surface area contributed by atoms with Crippen LogP contribution >= 0.6 is 7.82 Å². The van der Waals surface area contributed by atoms with Gasteiger partial charge in [0, 0.05) is 12.8 Å². The van der Waals surface area contributed by atoms with Crippen molar-refractivity contribution in [3.8, 4) is 0 Å². The number of aliphatic carboxylic acids is 1. The molecule has 0 aromatic rings. The lowest BCUT2D eigenvalue weighted by molar-refractivity contribution is -0.147. The Bertz CT molecular complexity index is 1090. The number of nitrogens with one attached hydrogen (secondary N) is 1. The second kappa shape index (κ2) is 33.3. The number of unbranched alkanes of at least 4 members (excludes halogenated alkanes) is 9. The quantitative estimate of drug-likeness (QED) is 0.0223. The van der Waals surface area contributed by atoms with Gasteiger partial charge >= 0.3 is 19.8 Å². The Morgan fingerprint density at radius 3 is 1.76 bits per heavy atom. The number of aliphatic hydroxyl groups excluding tert-OH is 1. The lowest BCUT2D eigenvalue weighted by Crippen LogP contribution is -2.43. The zero-order valence-electron chi connectivity index (χ0n) is 30.4. The van der Waals surface area contributed by atoms with Crippen molar-refractivity contribution in [1.82, 2.24) is 5.32 Å². The number of carboxylic acid groups (broad SMARTS) is 1. The summed E-state index contributed by atoms with van der Waals surface area (Å²) in [5.74, 6) is -2.44. The van der Waals surface area contributed by atoms with Crippen LogP contribution in [-0.4, -0.2) is 64.9 Å². The molecule has 0 rings (SSSR count). The van der Waals surface area contributed by atoms with Crippen LogP contribution < -0.4 is 5.32 Å². The van der Waals surface area contributed by atoms with Crippen molar-refractivity contribution in [2.75, 3.05) is 19.8 Å². The number of phosphoric ester groups is 1. The molecule has 0 radical (unpaired) electrons. The van der Waals surface area contributed by atoms with Crippen molar-refractivity contribution >= 4 is 25.7 Å². The van der Waals surface area contributed by atoms with Gasteiger partial charge in [0.1, 0.15) is 12.7 Å². The van der Waals surface area contributed by atoms with Crippen molar-refractivity contribution in [1.29, 1.82) is 0 Å². The number of esters is 1. The van der Waals surface area contributed by atoms with Gasteiger partial charge < -0.3 is 25.2 Å². The molecule has 0 heterocycles. The smallest absolute Gasteiger partial charge is 0.472 e. The molecule has 12 heteroatoms. The van der Waals surface area contributed by atoms with Crippen LogP contribution in [0, 0.1) is 0 Å². The minimum atomic E-state index is -4.76. The largest absolute Gasteiger partial charge is 0.480 e. The fourth-order valence-electron chi connectivity index (χ4n) is 4.42. The number of allylic oxidation sites excluding steroid dienone is 10. The van der Waals surface area contributed by atoms with Gasteiger partial charge in [0.2, 0.25) is 5.91 Å². The van der Waals surface area contributed by atoms with Gasteiger partial charge in [0.05, 0.1) is 13.2 Å². The number of carbonyl (C=O) groups is 3. The number of rotatable bonds is 33. The molecule has 0 aromatic carbocycles. The zero-order chi connectivity index (χ0) is 37.1. The van der Waals surface area contributed by atoms with Crippen LogP contribution in [0.1, 0.15) is 129 Å². The van der Waals surface area contributed by atoms with Crippen molar-refractivity contribution in [2.24, 2.45) is 0 Å². The third-order valence-electron chi connectivity index (χ3n) is 7.27. The Kier molecular flexibility index (Phi) is 31.5. The van der Waals surface area contributed by atoms with E-state index in [-0.39, 0.29) is 12.8 Å². The number of carboxylic acids is 1. The van der Waals surface area contributed by atoms with Crippen molar-refractivity contribution in [3.05, 3.63) is 60.8 Å². The van der Waals surface area contributed by atoms with Crippen LogP contribution in [0.15, 0.2) is 60.8 Å². The number of aliphatic hydroxyl groups is 1. The topological polar surface area (TPSA) is 169 Å².